The molecule has 2 aromatic heterocycles. The lowest BCUT2D eigenvalue weighted by atomic mass is 10.3. The van der Waals surface area contributed by atoms with Crippen molar-refractivity contribution in [3.05, 3.63) is 68.6 Å². The first-order chi connectivity index (χ1) is 12.9. The molecular weight excluding hydrogens is 382 g/mol. The summed E-state index contributed by atoms with van der Waals surface area (Å²) in [6.07, 6.45) is 0. The molecule has 0 aliphatic rings. The third-order valence-corrected chi connectivity index (χ3v) is 5.25. The van der Waals surface area contributed by atoms with E-state index in [-0.39, 0.29) is 11.9 Å². The summed E-state index contributed by atoms with van der Waals surface area (Å²) >= 11 is 7.28. The average molecular weight is 404 g/mol. The molecule has 0 saturated carbocycles. The van der Waals surface area contributed by atoms with Crippen molar-refractivity contribution in [3.8, 4) is 5.75 Å². The van der Waals surface area contributed by atoms with Crippen molar-refractivity contribution in [3.63, 3.8) is 0 Å². The van der Waals surface area contributed by atoms with Crippen molar-refractivity contribution < 1.29 is 9.53 Å². The Balaban J connectivity index is 1.53. The largest absolute Gasteiger partial charge is 0.489 e. The van der Waals surface area contributed by atoms with Crippen molar-refractivity contribution in [2.75, 3.05) is 0 Å². The first kappa shape index (κ1) is 19.5. The quantitative estimate of drug-likeness (QED) is 0.626. The number of aromatic nitrogens is 2. The SMILES string of the molecule is Cc1cc(C)n(CC(C)NC(=O)c2cc(COc3ccc(Cl)cc3)cs2)n1. The van der Waals surface area contributed by atoms with Crippen LogP contribution in [0.4, 0.5) is 0 Å². The molecule has 5 nitrogen and oxygen atoms in total. The Morgan fingerprint density at radius 3 is 2.70 bits per heavy atom. The van der Waals surface area contributed by atoms with E-state index in [1.165, 1.54) is 11.3 Å². The van der Waals surface area contributed by atoms with E-state index >= 15 is 0 Å². The molecule has 1 amide bonds. The van der Waals surface area contributed by atoms with Gasteiger partial charge in [-0.15, -0.1) is 11.3 Å². The molecule has 0 aliphatic carbocycles. The summed E-state index contributed by atoms with van der Waals surface area (Å²) in [6.45, 7) is 7.01. The van der Waals surface area contributed by atoms with Crippen LogP contribution in [-0.2, 0) is 13.2 Å². The number of aryl methyl sites for hydroxylation is 2. The second-order valence-electron chi connectivity index (χ2n) is 6.55. The van der Waals surface area contributed by atoms with Crippen LogP contribution in [0.2, 0.25) is 5.02 Å². The van der Waals surface area contributed by atoms with Gasteiger partial charge in [0.1, 0.15) is 12.4 Å². The highest BCUT2D eigenvalue weighted by Gasteiger charge is 2.14. The zero-order valence-electron chi connectivity index (χ0n) is 15.5. The maximum Gasteiger partial charge on any atom is 0.261 e. The highest BCUT2D eigenvalue weighted by molar-refractivity contribution is 7.12. The maximum absolute atomic E-state index is 12.5. The molecule has 0 radical (unpaired) electrons. The number of hydrogen-bond donors (Lipinski definition) is 1. The van der Waals surface area contributed by atoms with Gasteiger partial charge in [0, 0.05) is 22.3 Å². The normalized spacial score (nSPS) is 12.0. The smallest absolute Gasteiger partial charge is 0.261 e. The molecule has 27 heavy (non-hydrogen) atoms. The second-order valence-corrected chi connectivity index (χ2v) is 7.89. The summed E-state index contributed by atoms with van der Waals surface area (Å²) in [7, 11) is 0. The number of carbonyl (C=O) groups is 1. The Bertz CT molecular complexity index is 918. The van der Waals surface area contributed by atoms with E-state index in [1.807, 2.05) is 55.1 Å². The summed E-state index contributed by atoms with van der Waals surface area (Å²) < 4.78 is 7.64. The minimum Gasteiger partial charge on any atom is -0.489 e. The second kappa shape index (κ2) is 8.59. The Labute approximate surface area is 167 Å². The molecule has 1 atom stereocenters. The zero-order valence-corrected chi connectivity index (χ0v) is 17.1. The van der Waals surface area contributed by atoms with Gasteiger partial charge >= 0.3 is 0 Å². The lowest BCUT2D eigenvalue weighted by molar-refractivity contribution is 0.0940. The number of nitrogens with zero attached hydrogens (tertiary/aromatic N) is 2. The third kappa shape index (κ3) is 5.34. The fraction of sp³-hybridized carbons (Fsp3) is 0.300. The molecule has 3 aromatic rings. The first-order valence-electron chi connectivity index (χ1n) is 8.68. The van der Waals surface area contributed by atoms with Gasteiger partial charge in [0.15, 0.2) is 0 Å². The number of hydrogen-bond acceptors (Lipinski definition) is 4. The van der Waals surface area contributed by atoms with Crippen LogP contribution in [0.3, 0.4) is 0 Å². The third-order valence-electron chi connectivity index (χ3n) is 4.02. The predicted molar refractivity (Wildman–Crippen MR) is 109 cm³/mol. The van der Waals surface area contributed by atoms with Gasteiger partial charge in [-0.05, 0) is 62.5 Å². The van der Waals surface area contributed by atoms with Crippen molar-refractivity contribution in [2.24, 2.45) is 0 Å². The van der Waals surface area contributed by atoms with Crippen molar-refractivity contribution in [1.82, 2.24) is 15.1 Å². The van der Waals surface area contributed by atoms with Crippen LogP contribution in [0.15, 0.2) is 41.8 Å². The Hall–Kier alpha value is -2.31. The first-order valence-corrected chi connectivity index (χ1v) is 9.94. The number of carbonyl (C=O) groups excluding carboxylic acids is 1. The summed E-state index contributed by atoms with van der Waals surface area (Å²) in [6, 6.07) is 11.1. The lowest BCUT2D eigenvalue weighted by Crippen LogP contribution is -2.35. The van der Waals surface area contributed by atoms with Crippen molar-refractivity contribution >= 4 is 28.8 Å². The van der Waals surface area contributed by atoms with Crippen LogP contribution in [0.1, 0.15) is 33.5 Å². The highest BCUT2D eigenvalue weighted by Crippen LogP contribution is 2.20. The van der Waals surface area contributed by atoms with Crippen LogP contribution in [0, 0.1) is 13.8 Å². The number of benzene rings is 1. The van der Waals surface area contributed by atoms with Gasteiger partial charge < -0.3 is 10.1 Å². The molecule has 0 bridgehead atoms. The summed E-state index contributed by atoms with van der Waals surface area (Å²) in [5.41, 5.74) is 3.03. The monoisotopic (exact) mass is 403 g/mol. The van der Waals surface area contributed by atoms with E-state index < -0.39 is 0 Å². The zero-order chi connectivity index (χ0) is 19.4. The molecule has 1 N–H and O–H groups in total. The topological polar surface area (TPSA) is 56.2 Å². The molecule has 0 saturated heterocycles. The van der Waals surface area contributed by atoms with Gasteiger partial charge in [-0.2, -0.15) is 5.10 Å². The Morgan fingerprint density at radius 2 is 2.04 bits per heavy atom. The molecule has 1 aromatic carbocycles. The van der Waals surface area contributed by atoms with E-state index in [9.17, 15) is 4.79 Å². The highest BCUT2D eigenvalue weighted by atomic mass is 35.5. The number of amides is 1. The minimum atomic E-state index is -0.0771. The van der Waals surface area contributed by atoms with E-state index in [0.29, 0.717) is 23.1 Å². The van der Waals surface area contributed by atoms with E-state index in [4.69, 9.17) is 16.3 Å². The molecule has 3 rings (SSSR count). The van der Waals surface area contributed by atoms with Gasteiger partial charge in [-0.3, -0.25) is 9.48 Å². The number of thiophene rings is 1. The van der Waals surface area contributed by atoms with E-state index in [0.717, 1.165) is 22.7 Å². The van der Waals surface area contributed by atoms with Crippen LogP contribution in [0.25, 0.3) is 0 Å². The minimum absolute atomic E-state index is 0.0219. The van der Waals surface area contributed by atoms with Crippen LogP contribution < -0.4 is 10.1 Å². The number of ether oxygens (including phenoxy) is 1. The van der Waals surface area contributed by atoms with E-state index in [2.05, 4.69) is 10.4 Å². The summed E-state index contributed by atoms with van der Waals surface area (Å²) in [5.74, 6) is 0.668. The van der Waals surface area contributed by atoms with Gasteiger partial charge in [-0.25, -0.2) is 0 Å². The predicted octanol–water partition coefficient (Wildman–Crippen LogP) is 4.61. The van der Waals surface area contributed by atoms with E-state index in [1.54, 1.807) is 12.1 Å². The molecule has 2 heterocycles. The number of nitrogens with one attached hydrogen (secondary N) is 1. The Kier molecular flexibility index (Phi) is 6.19. The molecule has 142 valence electrons. The molecule has 0 fully saturated rings. The van der Waals surface area contributed by atoms with Crippen molar-refractivity contribution in [2.45, 2.75) is 40.0 Å². The fourth-order valence-corrected chi connectivity index (χ4v) is 3.65. The van der Waals surface area contributed by atoms with Gasteiger partial charge in [0.25, 0.3) is 5.91 Å². The number of halogens is 1. The average Bonchev–Trinajstić information content (AvgIpc) is 3.21. The number of rotatable bonds is 7. The standard InChI is InChI=1S/C20H22ClN3O2S/c1-13-8-15(3)24(23-13)10-14(2)22-20(25)19-9-16(12-27-19)11-26-18-6-4-17(21)5-7-18/h4-9,12,14H,10-11H2,1-3H3,(H,22,25). The Morgan fingerprint density at radius 1 is 1.30 bits per heavy atom. The van der Waals surface area contributed by atoms with Gasteiger partial charge in [0.2, 0.25) is 0 Å². The maximum atomic E-state index is 12.5. The summed E-state index contributed by atoms with van der Waals surface area (Å²) in [5, 5.41) is 10.1. The molecule has 0 spiro atoms. The molecule has 1 unspecified atom stereocenters. The lowest BCUT2D eigenvalue weighted by Gasteiger charge is -2.14. The van der Waals surface area contributed by atoms with Crippen LogP contribution >= 0.6 is 22.9 Å². The van der Waals surface area contributed by atoms with Gasteiger partial charge in [0.05, 0.1) is 17.1 Å². The molecular formula is C20H22ClN3O2S. The summed E-state index contributed by atoms with van der Waals surface area (Å²) in [4.78, 5) is 13.1. The van der Waals surface area contributed by atoms with Crippen LogP contribution in [0.5, 0.6) is 5.75 Å². The molecule has 0 aliphatic heterocycles. The van der Waals surface area contributed by atoms with Crippen LogP contribution in [-0.4, -0.2) is 21.7 Å². The van der Waals surface area contributed by atoms with Gasteiger partial charge in [-0.1, -0.05) is 11.6 Å². The fourth-order valence-electron chi connectivity index (χ4n) is 2.73. The van der Waals surface area contributed by atoms with Crippen molar-refractivity contribution in [1.29, 1.82) is 0 Å². The molecule has 7 heteroatoms.